The van der Waals surface area contributed by atoms with E-state index in [9.17, 15) is 8.76 Å². The van der Waals surface area contributed by atoms with E-state index in [0.29, 0.717) is 30.2 Å². The monoisotopic (exact) mass is 354 g/mol. The first-order valence-corrected chi connectivity index (χ1v) is 8.69. The number of benzene rings is 1. The van der Waals surface area contributed by atoms with Crippen LogP contribution in [0.25, 0.3) is 0 Å². The summed E-state index contributed by atoms with van der Waals surface area (Å²) in [6.07, 6.45) is 6.70. The minimum absolute atomic E-state index is 0.251. The molecular weight excluding hydrogens is 338 g/mol. The Morgan fingerprint density at radius 3 is 2.56 bits per heavy atom. The van der Waals surface area contributed by atoms with Crippen molar-refractivity contribution in [1.29, 1.82) is 0 Å². The Balaban J connectivity index is 1.73. The fourth-order valence-corrected chi connectivity index (χ4v) is 2.83. The molecule has 1 N–H and O–H groups in total. The zero-order valence-electron chi connectivity index (χ0n) is 13.3. The van der Waals surface area contributed by atoms with Crippen molar-refractivity contribution < 1.29 is 13.5 Å². The van der Waals surface area contributed by atoms with Crippen LogP contribution in [0.3, 0.4) is 0 Å². The van der Waals surface area contributed by atoms with Gasteiger partial charge in [-0.1, -0.05) is 0 Å². The van der Waals surface area contributed by atoms with Crippen molar-refractivity contribution in [2.75, 3.05) is 0 Å². The highest BCUT2D eigenvalue weighted by atomic mass is 32.2. The Morgan fingerprint density at radius 2 is 1.84 bits per heavy atom. The van der Waals surface area contributed by atoms with Crippen LogP contribution in [0.15, 0.2) is 72.1 Å². The van der Waals surface area contributed by atoms with Crippen LogP contribution in [-0.2, 0) is 24.2 Å². The molecule has 0 bridgehead atoms. The van der Waals surface area contributed by atoms with E-state index < -0.39 is 11.1 Å². The highest BCUT2D eigenvalue weighted by molar-refractivity contribution is 7.79. The fraction of sp³-hybridized carbons (Fsp3) is 0.111. The lowest BCUT2D eigenvalue weighted by Crippen LogP contribution is -2.14. The number of pyridine rings is 2. The van der Waals surface area contributed by atoms with Crippen LogP contribution in [-0.4, -0.2) is 18.7 Å². The molecule has 1 atom stereocenters. The molecule has 0 fully saturated rings. The van der Waals surface area contributed by atoms with E-state index in [1.165, 1.54) is 6.07 Å². The lowest BCUT2D eigenvalue weighted by atomic mass is 10.2. The number of nitrogens with zero attached hydrogens (tertiary/aromatic N) is 2. The standard InChI is InChI=1S/C18H17N3O3S/c22-25(23)18-4-3-16(24-17-2-1-7-20-13-17)10-15(18)12-21-11-14-5-8-19-9-6-14/h1-10,13,21H,11-12H2,(H,22,23)/p-1. The molecule has 0 spiro atoms. The average molecular weight is 354 g/mol. The van der Waals surface area contributed by atoms with Crippen molar-refractivity contribution in [1.82, 2.24) is 15.3 Å². The van der Waals surface area contributed by atoms with Gasteiger partial charge in [0, 0.05) is 36.6 Å². The Bertz CT molecular complexity index is 845. The smallest absolute Gasteiger partial charge is 0.145 e. The number of nitrogens with one attached hydrogen (secondary N) is 1. The predicted octanol–water partition coefficient (Wildman–Crippen LogP) is 2.80. The normalized spacial score (nSPS) is 11.9. The second-order valence-corrected chi connectivity index (χ2v) is 6.16. The van der Waals surface area contributed by atoms with E-state index in [0.717, 1.165) is 5.56 Å². The molecule has 25 heavy (non-hydrogen) atoms. The summed E-state index contributed by atoms with van der Waals surface area (Å²) in [5, 5.41) is 3.24. The first-order valence-electron chi connectivity index (χ1n) is 7.62. The van der Waals surface area contributed by atoms with Gasteiger partial charge in [0.15, 0.2) is 0 Å². The van der Waals surface area contributed by atoms with Gasteiger partial charge in [-0.15, -0.1) is 0 Å². The molecular formula is C18H16N3O3S-. The summed E-state index contributed by atoms with van der Waals surface area (Å²) in [5.41, 5.74) is 1.71. The zero-order chi connectivity index (χ0) is 17.5. The van der Waals surface area contributed by atoms with Gasteiger partial charge in [0.2, 0.25) is 0 Å². The van der Waals surface area contributed by atoms with Gasteiger partial charge in [-0.3, -0.25) is 14.2 Å². The lowest BCUT2D eigenvalue weighted by molar-refractivity contribution is 0.478. The van der Waals surface area contributed by atoms with Crippen LogP contribution in [0.2, 0.25) is 0 Å². The van der Waals surface area contributed by atoms with Gasteiger partial charge in [-0.05, 0) is 64.7 Å². The lowest BCUT2D eigenvalue weighted by Gasteiger charge is -2.15. The van der Waals surface area contributed by atoms with Gasteiger partial charge in [-0.2, -0.15) is 0 Å². The maximum absolute atomic E-state index is 11.4. The molecule has 0 aliphatic carbocycles. The van der Waals surface area contributed by atoms with Gasteiger partial charge in [0.25, 0.3) is 0 Å². The van der Waals surface area contributed by atoms with E-state index in [4.69, 9.17) is 4.74 Å². The predicted molar refractivity (Wildman–Crippen MR) is 92.7 cm³/mol. The molecule has 1 aromatic carbocycles. The summed E-state index contributed by atoms with van der Waals surface area (Å²) in [4.78, 5) is 8.21. The summed E-state index contributed by atoms with van der Waals surface area (Å²) in [5.74, 6) is 1.15. The number of rotatable bonds is 7. The molecule has 0 radical (unpaired) electrons. The van der Waals surface area contributed by atoms with Gasteiger partial charge >= 0.3 is 0 Å². The molecule has 0 aliphatic heterocycles. The first-order chi connectivity index (χ1) is 12.2. The maximum Gasteiger partial charge on any atom is 0.145 e. The Morgan fingerprint density at radius 1 is 1.00 bits per heavy atom. The number of hydrogen-bond donors (Lipinski definition) is 1. The molecule has 128 valence electrons. The minimum atomic E-state index is -2.31. The van der Waals surface area contributed by atoms with Crippen molar-refractivity contribution in [2.45, 2.75) is 18.0 Å². The highest BCUT2D eigenvalue weighted by Crippen LogP contribution is 2.25. The molecule has 0 saturated carbocycles. The van der Waals surface area contributed by atoms with Crippen molar-refractivity contribution in [2.24, 2.45) is 0 Å². The molecule has 6 nitrogen and oxygen atoms in total. The van der Waals surface area contributed by atoms with Crippen molar-refractivity contribution >= 4 is 11.1 Å². The Kier molecular flexibility index (Phi) is 5.84. The second-order valence-electron chi connectivity index (χ2n) is 5.25. The molecule has 0 saturated heterocycles. The van der Waals surface area contributed by atoms with Crippen LogP contribution in [0.1, 0.15) is 11.1 Å². The first kappa shape index (κ1) is 17.2. The molecule has 1 unspecified atom stereocenters. The van der Waals surface area contributed by atoms with E-state index in [2.05, 4.69) is 15.3 Å². The van der Waals surface area contributed by atoms with E-state index in [1.54, 1.807) is 49.1 Å². The third-order valence-corrected chi connectivity index (χ3v) is 4.23. The number of ether oxygens (including phenoxy) is 1. The summed E-state index contributed by atoms with van der Waals surface area (Å²) < 4.78 is 28.6. The van der Waals surface area contributed by atoms with Crippen LogP contribution >= 0.6 is 0 Å². The molecule has 3 rings (SSSR count). The molecule has 0 aliphatic rings. The molecule has 2 heterocycles. The van der Waals surface area contributed by atoms with Gasteiger partial charge in [0.05, 0.1) is 6.20 Å². The van der Waals surface area contributed by atoms with Crippen molar-refractivity contribution in [3.8, 4) is 11.5 Å². The van der Waals surface area contributed by atoms with Crippen molar-refractivity contribution in [3.05, 3.63) is 78.4 Å². The van der Waals surface area contributed by atoms with Crippen LogP contribution in [0.4, 0.5) is 0 Å². The van der Waals surface area contributed by atoms with Crippen LogP contribution in [0.5, 0.6) is 11.5 Å². The quantitative estimate of drug-likeness (QED) is 0.657. The largest absolute Gasteiger partial charge is 0.768 e. The number of aromatic nitrogens is 2. The third kappa shape index (κ3) is 4.93. The van der Waals surface area contributed by atoms with Gasteiger partial charge in [-0.25, -0.2) is 0 Å². The van der Waals surface area contributed by atoms with Gasteiger partial charge < -0.3 is 14.6 Å². The van der Waals surface area contributed by atoms with Crippen molar-refractivity contribution in [3.63, 3.8) is 0 Å². The Labute approximate surface area is 148 Å². The SMILES string of the molecule is O=S([O-])c1ccc(Oc2cccnc2)cc1CNCc1ccncc1. The fourth-order valence-electron chi connectivity index (χ4n) is 2.31. The van der Waals surface area contributed by atoms with Gasteiger partial charge in [0.1, 0.15) is 11.5 Å². The Hall–Kier alpha value is -2.61. The molecule has 3 aromatic rings. The van der Waals surface area contributed by atoms with Crippen LogP contribution < -0.4 is 10.1 Å². The molecule has 0 amide bonds. The maximum atomic E-state index is 11.4. The van der Waals surface area contributed by atoms with E-state index in [-0.39, 0.29) is 4.90 Å². The summed E-state index contributed by atoms with van der Waals surface area (Å²) in [7, 11) is 0. The summed E-state index contributed by atoms with van der Waals surface area (Å²) >= 11 is -2.31. The second kappa shape index (κ2) is 8.48. The third-order valence-electron chi connectivity index (χ3n) is 3.48. The highest BCUT2D eigenvalue weighted by Gasteiger charge is 2.07. The van der Waals surface area contributed by atoms with E-state index in [1.807, 2.05) is 12.1 Å². The molecule has 7 heteroatoms. The molecule has 2 aromatic heterocycles. The summed E-state index contributed by atoms with van der Waals surface area (Å²) in [6, 6.07) is 12.3. The summed E-state index contributed by atoms with van der Waals surface area (Å²) in [6.45, 7) is 1.01. The zero-order valence-corrected chi connectivity index (χ0v) is 14.1. The number of hydrogen-bond acceptors (Lipinski definition) is 6. The minimum Gasteiger partial charge on any atom is -0.768 e. The van der Waals surface area contributed by atoms with Crippen LogP contribution in [0, 0.1) is 0 Å². The average Bonchev–Trinajstić information content (AvgIpc) is 2.63. The topological polar surface area (TPSA) is 87.2 Å². The van der Waals surface area contributed by atoms with E-state index >= 15 is 0 Å².